The smallest absolute Gasteiger partial charge is 0.331 e. The molecule has 0 spiro atoms. The molecule has 1 amide bonds. The Labute approximate surface area is 191 Å². The third-order valence-electron chi connectivity index (χ3n) is 4.14. The molecule has 0 aliphatic heterocycles. The number of hydrogen-bond acceptors (Lipinski definition) is 7. The third-order valence-corrected chi connectivity index (χ3v) is 6.44. The van der Waals surface area contributed by atoms with Crippen molar-refractivity contribution in [3.63, 3.8) is 0 Å². The van der Waals surface area contributed by atoms with Crippen LogP contribution < -0.4 is 14.8 Å². The van der Waals surface area contributed by atoms with Crippen LogP contribution in [0, 0.1) is 0 Å². The Morgan fingerprint density at radius 2 is 1.75 bits per heavy atom. The Bertz CT molecular complexity index is 1130. The molecule has 0 atom stereocenters. The normalized spacial score (nSPS) is 11.4. The molecule has 11 heteroatoms. The van der Waals surface area contributed by atoms with Gasteiger partial charge in [0.15, 0.2) is 18.1 Å². The van der Waals surface area contributed by atoms with Gasteiger partial charge in [0.1, 0.15) is 4.90 Å². The predicted molar refractivity (Wildman–Crippen MR) is 120 cm³/mol. The van der Waals surface area contributed by atoms with Gasteiger partial charge in [0, 0.05) is 25.9 Å². The van der Waals surface area contributed by atoms with Crippen LogP contribution in [0.25, 0.3) is 6.08 Å². The molecule has 2 aromatic rings. The van der Waals surface area contributed by atoms with Crippen LogP contribution in [0.1, 0.15) is 5.56 Å². The summed E-state index contributed by atoms with van der Waals surface area (Å²) in [6.45, 7) is -0.562. The van der Waals surface area contributed by atoms with E-state index in [-0.39, 0.29) is 15.6 Å². The zero-order chi connectivity index (χ0) is 23.9. The minimum atomic E-state index is -3.80. The Kier molecular flexibility index (Phi) is 8.64. The molecular weight excluding hydrogens is 460 g/mol. The van der Waals surface area contributed by atoms with Gasteiger partial charge in [-0.25, -0.2) is 17.5 Å². The van der Waals surface area contributed by atoms with Gasteiger partial charge in [-0.05, 0) is 42.0 Å². The molecule has 2 aromatic carbocycles. The van der Waals surface area contributed by atoms with E-state index >= 15 is 0 Å². The van der Waals surface area contributed by atoms with Crippen LogP contribution in [-0.4, -0.2) is 59.5 Å². The summed E-state index contributed by atoms with van der Waals surface area (Å²) >= 11 is 5.97. The van der Waals surface area contributed by atoms with Gasteiger partial charge in [-0.2, -0.15) is 0 Å². The lowest BCUT2D eigenvalue weighted by atomic mass is 10.2. The first kappa shape index (κ1) is 25.2. The Hall–Kier alpha value is -3.08. The number of halogens is 1. The largest absolute Gasteiger partial charge is 0.493 e. The van der Waals surface area contributed by atoms with E-state index < -0.39 is 28.5 Å². The quantitative estimate of drug-likeness (QED) is 0.432. The number of nitrogens with one attached hydrogen (secondary N) is 1. The summed E-state index contributed by atoms with van der Waals surface area (Å²) in [5.41, 5.74) is 0.858. The summed E-state index contributed by atoms with van der Waals surface area (Å²) in [5, 5.41) is 2.48. The van der Waals surface area contributed by atoms with Crippen molar-refractivity contribution in [2.24, 2.45) is 0 Å². The number of carbonyl (C=O) groups is 2. The lowest BCUT2D eigenvalue weighted by molar-refractivity contribution is -0.142. The van der Waals surface area contributed by atoms with Crippen molar-refractivity contribution in [2.45, 2.75) is 4.90 Å². The average molecular weight is 483 g/mol. The van der Waals surface area contributed by atoms with Gasteiger partial charge in [-0.3, -0.25) is 4.79 Å². The van der Waals surface area contributed by atoms with Crippen LogP contribution in [0.4, 0.5) is 5.69 Å². The van der Waals surface area contributed by atoms with E-state index in [4.69, 9.17) is 25.8 Å². The third kappa shape index (κ3) is 6.46. The zero-order valence-electron chi connectivity index (χ0n) is 17.9. The molecule has 0 unspecified atom stereocenters. The number of rotatable bonds is 9. The van der Waals surface area contributed by atoms with Crippen LogP contribution in [-0.2, 0) is 24.3 Å². The molecule has 0 aromatic heterocycles. The van der Waals surface area contributed by atoms with Crippen molar-refractivity contribution in [3.8, 4) is 11.5 Å². The van der Waals surface area contributed by atoms with Crippen LogP contribution in [0.15, 0.2) is 47.4 Å². The van der Waals surface area contributed by atoms with Gasteiger partial charge < -0.3 is 19.5 Å². The fourth-order valence-electron chi connectivity index (χ4n) is 2.48. The highest BCUT2D eigenvalue weighted by molar-refractivity contribution is 7.89. The molecule has 0 aliphatic carbocycles. The van der Waals surface area contributed by atoms with E-state index in [9.17, 15) is 18.0 Å². The van der Waals surface area contributed by atoms with E-state index in [1.54, 1.807) is 18.2 Å². The standard InChI is InChI=1S/C21H23ClN2O7S/c1-24(2)32(27,28)19-12-15(7-8-16(19)22)23-20(25)13-31-21(26)10-6-14-5-9-17(29-3)18(11-14)30-4/h5-12H,13H2,1-4H3,(H,23,25)/b10-6+. The maximum atomic E-state index is 12.3. The van der Waals surface area contributed by atoms with Crippen molar-refractivity contribution in [1.29, 1.82) is 0 Å². The summed E-state index contributed by atoms with van der Waals surface area (Å²) in [4.78, 5) is 23.8. The molecule has 0 saturated heterocycles. The molecule has 9 nitrogen and oxygen atoms in total. The van der Waals surface area contributed by atoms with E-state index in [0.717, 1.165) is 4.31 Å². The molecule has 1 N–H and O–H groups in total. The highest BCUT2D eigenvalue weighted by Gasteiger charge is 2.21. The number of nitrogens with zero attached hydrogens (tertiary/aromatic N) is 1. The Morgan fingerprint density at radius 3 is 2.38 bits per heavy atom. The average Bonchev–Trinajstić information content (AvgIpc) is 2.77. The summed E-state index contributed by atoms with van der Waals surface area (Å²) in [5.74, 6) is -0.330. The van der Waals surface area contributed by atoms with Crippen molar-refractivity contribution in [1.82, 2.24) is 4.31 Å². The second kappa shape index (κ2) is 11.0. The Balaban J connectivity index is 1.97. The Morgan fingerprint density at radius 1 is 1.06 bits per heavy atom. The number of carbonyl (C=O) groups excluding carboxylic acids is 2. The maximum Gasteiger partial charge on any atom is 0.331 e. The molecule has 0 radical (unpaired) electrons. The van der Waals surface area contributed by atoms with Crippen molar-refractivity contribution in [2.75, 3.05) is 40.2 Å². The minimum absolute atomic E-state index is 0.0171. The van der Waals surface area contributed by atoms with Crippen LogP contribution in [0.5, 0.6) is 11.5 Å². The number of anilines is 1. The first-order chi connectivity index (χ1) is 15.1. The highest BCUT2D eigenvalue weighted by atomic mass is 35.5. The van der Waals surface area contributed by atoms with Gasteiger partial charge in [0.05, 0.1) is 19.2 Å². The monoisotopic (exact) mass is 482 g/mol. The number of benzene rings is 2. The number of hydrogen-bond donors (Lipinski definition) is 1. The molecule has 0 aliphatic rings. The second-order valence-corrected chi connectivity index (χ2v) is 9.06. The minimum Gasteiger partial charge on any atom is -0.493 e. The molecule has 32 heavy (non-hydrogen) atoms. The van der Waals surface area contributed by atoms with Crippen LogP contribution in [0.3, 0.4) is 0 Å². The summed E-state index contributed by atoms with van der Waals surface area (Å²) in [7, 11) is 1.95. The lowest BCUT2D eigenvalue weighted by Crippen LogP contribution is -2.23. The molecule has 0 bridgehead atoms. The van der Waals surface area contributed by atoms with E-state index in [0.29, 0.717) is 17.1 Å². The van der Waals surface area contributed by atoms with Gasteiger partial charge in [0.25, 0.3) is 5.91 Å². The number of ether oxygens (including phenoxy) is 3. The molecular formula is C21H23ClN2O7S. The predicted octanol–water partition coefficient (Wildman–Crippen LogP) is 2.80. The zero-order valence-corrected chi connectivity index (χ0v) is 19.5. The van der Waals surface area contributed by atoms with Crippen molar-refractivity contribution < 1.29 is 32.2 Å². The molecule has 0 fully saturated rings. The topological polar surface area (TPSA) is 111 Å². The molecule has 0 heterocycles. The SMILES string of the molecule is COc1ccc(/C=C/C(=O)OCC(=O)Nc2ccc(Cl)c(S(=O)(=O)N(C)C)c2)cc1OC. The summed E-state index contributed by atoms with van der Waals surface area (Å²) in [6, 6.07) is 9.11. The molecule has 2 rings (SSSR count). The first-order valence-electron chi connectivity index (χ1n) is 9.17. The fraction of sp³-hybridized carbons (Fsp3) is 0.238. The number of methoxy groups -OCH3 is 2. The summed E-state index contributed by atoms with van der Waals surface area (Å²) < 4.78 is 40.9. The first-order valence-corrected chi connectivity index (χ1v) is 11.0. The van der Waals surface area contributed by atoms with Crippen molar-refractivity contribution >= 4 is 45.3 Å². The van der Waals surface area contributed by atoms with Crippen molar-refractivity contribution in [3.05, 3.63) is 53.1 Å². The second-order valence-electron chi connectivity index (χ2n) is 6.54. The van der Waals surface area contributed by atoms with Gasteiger partial charge in [0.2, 0.25) is 10.0 Å². The summed E-state index contributed by atoms with van der Waals surface area (Å²) in [6.07, 6.45) is 2.67. The lowest BCUT2D eigenvalue weighted by Gasteiger charge is -2.14. The molecule has 0 saturated carbocycles. The van der Waals surface area contributed by atoms with Gasteiger partial charge in [-0.15, -0.1) is 0 Å². The van der Waals surface area contributed by atoms with E-state index in [1.165, 1.54) is 58.7 Å². The fourth-order valence-corrected chi connectivity index (χ4v) is 3.87. The molecule has 172 valence electrons. The maximum absolute atomic E-state index is 12.3. The number of sulfonamides is 1. The van der Waals surface area contributed by atoms with Gasteiger partial charge >= 0.3 is 5.97 Å². The highest BCUT2D eigenvalue weighted by Crippen LogP contribution is 2.28. The number of esters is 1. The van der Waals surface area contributed by atoms with E-state index in [2.05, 4.69) is 5.32 Å². The van der Waals surface area contributed by atoms with Gasteiger partial charge in [-0.1, -0.05) is 17.7 Å². The number of amides is 1. The van der Waals surface area contributed by atoms with E-state index in [1.807, 2.05) is 0 Å². The van der Waals surface area contributed by atoms with Crippen LogP contribution >= 0.6 is 11.6 Å². The van der Waals surface area contributed by atoms with Crippen LogP contribution in [0.2, 0.25) is 5.02 Å².